The van der Waals surface area contributed by atoms with Crippen LogP contribution in [0, 0.1) is 7.43 Å². The molecular weight excluding hydrogens is 242 g/mol. The molecule has 0 spiro atoms. The number of halogens is 1. The maximum Gasteiger partial charge on any atom is 1.00 e. The molecule has 0 aromatic rings. The van der Waals surface area contributed by atoms with Crippen LogP contribution in [0.3, 0.4) is 0 Å². The maximum absolute atomic E-state index is 10.3. The summed E-state index contributed by atoms with van der Waals surface area (Å²) in [4.78, 5) is 10.3. The molecule has 0 bridgehead atoms. The van der Waals surface area contributed by atoms with E-state index >= 15 is 0 Å². The summed E-state index contributed by atoms with van der Waals surface area (Å²) in [5.41, 5.74) is 0. The van der Waals surface area contributed by atoms with E-state index in [4.69, 9.17) is 0 Å². The first-order valence-corrected chi connectivity index (χ1v) is 3.06. The van der Waals surface area contributed by atoms with Gasteiger partial charge in [-0.3, -0.25) is 4.79 Å². The number of cyclic esters (lactones) is 1. The first-order valence-electron chi connectivity index (χ1n) is 1.82. The summed E-state index contributed by atoms with van der Waals surface area (Å²) in [5.74, 6) is -0.166. The molecule has 46 valence electrons. The normalized spacial score (nSPS) is 21.9. The SMILES string of the molecule is O=C1OC=CC1I.[CH3-].[Na+]. The Morgan fingerprint density at radius 2 is 2.22 bits per heavy atom. The van der Waals surface area contributed by atoms with Crippen molar-refractivity contribution in [2.24, 2.45) is 0 Å². The van der Waals surface area contributed by atoms with Crippen LogP contribution >= 0.6 is 22.6 Å². The van der Waals surface area contributed by atoms with Gasteiger partial charge in [-0.25, -0.2) is 0 Å². The molecule has 0 aromatic carbocycles. The van der Waals surface area contributed by atoms with Crippen LogP contribution in [-0.4, -0.2) is 9.89 Å². The number of carbonyl (C=O) groups excluding carboxylic acids is 1. The van der Waals surface area contributed by atoms with E-state index in [1.807, 2.05) is 22.6 Å². The molecular formula is C5H6INaO2. The van der Waals surface area contributed by atoms with Gasteiger partial charge < -0.3 is 12.2 Å². The van der Waals surface area contributed by atoms with Crippen molar-refractivity contribution in [1.82, 2.24) is 0 Å². The fraction of sp³-hybridized carbons (Fsp3) is 0.200. The van der Waals surface area contributed by atoms with Gasteiger partial charge in [-0.15, -0.1) is 0 Å². The van der Waals surface area contributed by atoms with Crippen LogP contribution < -0.4 is 29.6 Å². The van der Waals surface area contributed by atoms with E-state index in [-0.39, 0.29) is 46.9 Å². The molecule has 4 heteroatoms. The van der Waals surface area contributed by atoms with E-state index in [2.05, 4.69) is 4.74 Å². The maximum atomic E-state index is 10.3. The second-order valence-corrected chi connectivity index (χ2v) is 2.51. The Morgan fingerprint density at radius 1 is 1.67 bits per heavy atom. The summed E-state index contributed by atoms with van der Waals surface area (Å²) in [6.45, 7) is 0. The van der Waals surface area contributed by atoms with Crippen LogP contribution in [0.4, 0.5) is 0 Å². The number of ether oxygens (including phenoxy) is 1. The van der Waals surface area contributed by atoms with Crippen molar-refractivity contribution in [3.63, 3.8) is 0 Å². The van der Waals surface area contributed by atoms with Gasteiger partial charge in [0.1, 0.15) is 3.92 Å². The summed E-state index contributed by atoms with van der Waals surface area (Å²) in [6.07, 6.45) is 3.13. The van der Waals surface area contributed by atoms with Crippen LogP contribution in [0.25, 0.3) is 0 Å². The van der Waals surface area contributed by atoms with Crippen molar-refractivity contribution in [3.05, 3.63) is 19.8 Å². The Morgan fingerprint density at radius 3 is 2.33 bits per heavy atom. The quantitative estimate of drug-likeness (QED) is 0.168. The Balaban J connectivity index is 0. The fourth-order valence-electron chi connectivity index (χ4n) is 0.319. The standard InChI is InChI=1S/C4H3IO2.CH3.Na/c5-3-1-2-7-4(3)6;;/h1-3H;1H3;/q;-1;+1. The number of rotatable bonds is 0. The molecule has 0 radical (unpaired) electrons. The van der Waals surface area contributed by atoms with Crippen molar-refractivity contribution >= 4 is 28.6 Å². The topological polar surface area (TPSA) is 26.3 Å². The van der Waals surface area contributed by atoms with Gasteiger partial charge in [0.25, 0.3) is 0 Å². The molecule has 0 fully saturated rings. The van der Waals surface area contributed by atoms with E-state index in [1.54, 1.807) is 6.08 Å². The van der Waals surface area contributed by atoms with Gasteiger partial charge >= 0.3 is 35.5 Å². The van der Waals surface area contributed by atoms with E-state index in [9.17, 15) is 4.79 Å². The minimum absolute atomic E-state index is 0. The molecule has 1 aliphatic heterocycles. The minimum atomic E-state index is -0.166. The largest absolute Gasteiger partial charge is 1.00 e. The van der Waals surface area contributed by atoms with Gasteiger partial charge in [-0.2, -0.15) is 0 Å². The van der Waals surface area contributed by atoms with Gasteiger partial charge in [-0.05, 0) is 6.08 Å². The predicted molar refractivity (Wildman–Crippen MR) is 39.5 cm³/mol. The second-order valence-electron chi connectivity index (χ2n) is 1.17. The second kappa shape index (κ2) is 5.70. The van der Waals surface area contributed by atoms with Crippen LogP contribution in [0.15, 0.2) is 12.3 Å². The molecule has 1 aliphatic rings. The zero-order chi connectivity index (χ0) is 5.28. The molecule has 0 saturated carbocycles. The number of carbonyl (C=O) groups is 1. The smallest absolute Gasteiger partial charge is 0.434 e. The van der Waals surface area contributed by atoms with Gasteiger partial charge in [0, 0.05) is 0 Å². The average Bonchev–Trinajstić information content (AvgIpc) is 1.91. The molecule has 1 heterocycles. The van der Waals surface area contributed by atoms with Crippen molar-refractivity contribution in [2.75, 3.05) is 0 Å². The van der Waals surface area contributed by atoms with E-state index < -0.39 is 0 Å². The van der Waals surface area contributed by atoms with Crippen molar-refractivity contribution in [1.29, 1.82) is 0 Å². The number of esters is 1. The third-order valence-corrected chi connectivity index (χ3v) is 1.58. The van der Waals surface area contributed by atoms with E-state index in [0.717, 1.165) is 0 Å². The summed E-state index contributed by atoms with van der Waals surface area (Å²) < 4.78 is 4.38. The van der Waals surface area contributed by atoms with Crippen molar-refractivity contribution in [3.8, 4) is 0 Å². The van der Waals surface area contributed by atoms with Crippen molar-refractivity contribution < 1.29 is 39.1 Å². The number of alkyl halides is 1. The molecule has 9 heavy (non-hydrogen) atoms. The Labute approximate surface area is 90.5 Å². The van der Waals surface area contributed by atoms with Crippen LogP contribution in [0.1, 0.15) is 0 Å². The molecule has 0 aromatic heterocycles. The van der Waals surface area contributed by atoms with Crippen molar-refractivity contribution in [2.45, 2.75) is 3.92 Å². The molecule has 0 N–H and O–H groups in total. The molecule has 1 rings (SSSR count). The zero-order valence-corrected chi connectivity index (χ0v) is 9.58. The predicted octanol–water partition coefficient (Wildman–Crippen LogP) is -1.69. The molecule has 1 atom stereocenters. The van der Waals surface area contributed by atoms with Crippen LogP contribution in [0.2, 0.25) is 0 Å². The minimum Gasteiger partial charge on any atom is -0.434 e. The third kappa shape index (κ3) is 3.60. The third-order valence-electron chi connectivity index (χ3n) is 0.657. The fourth-order valence-corrected chi connectivity index (χ4v) is 0.635. The van der Waals surface area contributed by atoms with Gasteiger partial charge in [0.2, 0.25) is 0 Å². The van der Waals surface area contributed by atoms with Gasteiger partial charge in [0.15, 0.2) is 0 Å². The van der Waals surface area contributed by atoms with Gasteiger partial charge in [0.05, 0.1) is 6.26 Å². The molecule has 0 amide bonds. The summed E-state index contributed by atoms with van der Waals surface area (Å²) in [5, 5.41) is 0. The van der Waals surface area contributed by atoms with Gasteiger partial charge in [-0.1, -0.05) is 22.6 Å². The monoisotopic (exact) mass is 248 g/mol. The number of hydrogen-bond acceptors (Lipinski definition) is 2. The van der Waals surface area contributed by atoms with E-state index in [1.165, 1.54) is 6.26 Å². The first-order chi connectivity index (χ1) is 3.30. The molecule has 1 unspecified atom stereocenters. The van der Waals surface area contributed by atoms with Crippen LogP contribution in [-0.2, 0) is 9.53 Å². The Kier molecular flexibility index (Phi) is 7.99. The molecule has 0 saturated heterocycles. The Bertz CT molecular complexity index is 124. The molecule has 0 aliphatic carbocycles. The summed E-state index contributed by atoms with van der Waals surface area (Å²) in [7, 11) is 0. The Hall–Kier alpha value is 0.940. The zero-order valence-electron chi connectivity index (χ0n) is 5.43. The first kappa shape index (κ1) is 12.6. The number of hydrogen-bond donors (Lipinski definition) is 0. The van der Waals surface area contributed by atoms with Crippen LogP contribution in [0.5, 0.6) is 0 Å². The summed E-state index contributed by atoms with van der Waals surface area (Å²) in [6, 6.07) is 0. The summed E-state index contributed by atoms with van der Waals surface area (Å²) >= 11 is 2.00. The van der Waals surface area contributed by atoms with E-state index in [0.29, 0.717) is 0 Å². The average molecular weight is 248 g/mol. The molecule has 2 nitrogen and oxygen atoms in total.